The maximum absolute atomic E-state index is 10.9. The fraction of sp³-hybridized carbons (Fsp3) is 0.500. The SMILES string of the molecule is Cc1ccc(CNCCCS(C)(=O)=O)cc1Br. The lowest BCUT2D eigenvalue weighted by molar-refractivity contribution is 0.594. The van der Waals surface area contributed by atoms with Crippen LogP contribution >= 0.6 is 15.9 Å². The fourth-order valence-electron chi connectivity index (χ4n) is 1.44. The Balaban J connectivity index is 2.29. The lowest BCUT2D eigenvalue weighted by Gasteiger charge is -2.06. The predicted molar refractivity (Wildman–Crippen MR) is 74.9 cm³/mol. The van der Waals surface area contributed by atoms with E-state index in [1.54, 1.807) is 0 Å². The van der Waals surface area contributed by atoms with Crippen molar-refractivity contribution in [1.82, 2.24) is 5.32 Å². The summed E-state index contributed by atoms with van der Waals surface area (Å²) in [6.07, 6.45) is 1.93. The van der Waals surface area contributed by atoms with Gasteiger partial charge in [-0.3, -0.25) is 0 Å². The van der Waals surface area contributed by atoms with Crippen molar-refractivity contribution in [2.75, 3.05) is 18.6 Å². The summed E-state index contributed by atoms with van der Waals surface area (Å²) < 4.78 is 22.9. The van der Waals surface area contributed by atoms with Crippen molar-refractivity contribution in [1.29, 1.82) is 0 Å². The monoisotopic (exact) mass is 319 g/mol. The number of nitrogens with one attached hydrogen (secondary N) is 1. The molecule has 0 unspecified atom stereocenters. The average Bonchev–Trinajstić information content (AvgIpc) is 2.21. The molecule has 1 aromatic carbocycles. The number of benzene rings is 1. The van der Waals surface area contributed by atoms with Crippen molar-refractivity contribution in [3.63, 3.8) is 0 Å². The van der Waals surface area contributed by atoms with Crippen LogP contribution in [-0.2, 0) is 16.4 Å². The van der Waals surface area contributed by atoms with Gasteiger partial charge in [0.05, 0.1) is 5.75 Å². The summed E-state index contributed by atoms with van der Waals surface area (Å²) in [6, 6.07) is 6.22. The molecule has 0 spiro atoms. The van der Waals surface area contributed by atoms with Gasteiger partial charge in [0.2, 0.25) is 0 Å². The normalized spacial score (nSPS) is 11.7. The first kappa shape index (κ1) is 14.7. The molecule has 1 aromatic rings. The molecule has 0 aliphatic carbocycles. The molecule has 0 aliphatic rings. The first-order valence-electron chi connectivity index (χ1n) is 5.52. The minimum atomic E-state index is -2.83. The van der Waals surface area contributed by atoms with Crippen LogP contribution in [0.1, 0.15) is 17.5 Å². The number of halogens is 1. The van der Waals surface area contributed by atoms with Crippen LogP contribution < -0.4 is 5.32 Å². The number of hydrogen-bond donors (Lipinski definition) is 1. The van der Waals surface area contributed by atoms with Gasteiger partial charge in [-0.1, -0.05) is 28.1 Å². The molecule has 0 amide bonds. The smallest absolute Gasteiger partial charge is 0.147 e. The summed E-state index contributed by atoms with van der Waals surface area (Å²) in [5, 5.41) is 3.24. The second-order valence-corrected chi connectivity index (χ2v) is 7.36. The van der Waals surface area contributed by atoms with Crippen LogP contribution in [-0.4, -0.2) is 27.0 Å². The number of sulfone groups is 1. The largest absolute Gasteiger partial charge is 0.313 e. The van der Waals surface area contributed by atoms with Crippen LogP contribution in [0.3, 0.4) is 0 Å². The lowest BCUT2D eigenvalue weighted by atomic mass is 10.1. The van der Waals surface area contributed by atoms with Crippen LogP contribution in [0.25, 0.3) is 0 Å². The van der Waals surface area contributed by atoms with Crippen molar-refractivity contribution in [3.8, 4) is 0 Å². The second-order valence-electron chi connectivity index (χ2n) is 4.24. The zero-order valence-corrected chi connectivity index (χ0v) is 12.6. The zero-order valence-electron chi connectivity index (χ0n) is 10.2. The van der Waals surface area contributed by atoms with Gasteiger partial charge in [0.25, 0.3) is 0 Å². The number of hydrogen-bond acceptors (Lipinski definition) is 3. The summed E-state index contributed by atoms with van der Waals surface area (Å²) in [7, 11) is -2.83. The van der Waals surface area contributed by atoms with Gasteiger partial charge in [-0.2, -0.15) is 0 Å². The third-order valence-corrected chi connectivity index (χ3v) is 4.32. The van der Waals surface area contributed by atoms with E-state index in [2.05, 4.69) is 39.4 Å². The molecule has 0 saturated heterocycles. The first-order chi connectivity index (χ1) is 7.88. The summed E-state index contributed by atoms with van der Waals surface area (Å²) in [5.41, 5.74) is 2.41. The van der Waals surface area contributed by atoms with Gasteiger partial charge in [0.1, 0.15) is 9.84 Å². The van der Waals surface area contributed by atoms with Crippen LogP contribution in [0.4, 0.5) is 0 Å². The molecule has 0 radical (unpaired) electrons. The molecule has 3 nitrogen and oxygen atoms in total. The third-order valence-electron chi connectivity index (χ3n) is 2.43. The van der Waals surface area contributed by atoms with Crippen molar-refractivity contribution in [2.24, 2.45) is 0 Å². The van der Waals surface area contributed by atoms with E-state index >= 15 is 0 Å². The molecule has 1 N–H and O–H groups in total. The predicted octanol–water partition coefficient (Wildman–Crippen LogP) is 2.28. The lowest BCUT2D eigenvalue weighted by Crippen LogP contribution is -2.17. The van der Waals surface area contributed by atoms with E-state index in [0.717, 1.165) is 17.6 Å². The quantitative estimate of drug-likeness (QED) is 0.818. The Morgan fingerprint density at radius 3 is 2.65 bits per heavy atom. The molecule has 0 aromatic heterocycles. The van der Waals surface area contributed by atoms with E-state index in [0.29, 0.717) is 6.42 Å². The van der Waals surface area contributed by atoms with Crippen molar-refractivity contribution in [3.05, 3.63) is 33.8 Å². The van der Waals surface area contributed by atoms with E-state index in [9.17, 15) is 8.42 Å². The minimum absolute atomic E-state index is 0.248. The topological polar surface area (TPSA) is 46.2 Å². The van der Waals surface area contributed by atoms with E-state index < -0.39 is 9.84 Å². The molecule has 0 aliphatic heterocycles. The first-order valence-corrected chi connectivity index (χ1v) is 8.37. The van der Waals surface area contributed by atoms with E-state index in [1.807, 2.05) is 6.92 Å². The molecule has 0 atom stereocenters. The van der Waals surface area contributed by atoms with Crippen LogP contribution in [0, 0.1) is 6.92 Å². The number of aryl methyl sites for hydroxylation is 1. The van der Waals surface area contributed by atoms with Gasteiger partial charge in [-0.15, -0.1) is 0 Å². The fourth-order valence-corrected chi connectivity index (χ4v) is 2.53. The summed E-state index contributed by atoms with van der Waals surface area (Å²) in [5.74, 6) is 0.248. The van der Waals surface area contributed by atoms with Gasteiger partial charge in [0.15, 0.2) is 0 Å². The van der Waals surface area contributed by atoms with E-state index in [4.69, 9.17) is 0 Å². The highest BCUT2D eigenvalue weighted by Gasteiger charge is 2.01. The summed E-state index contributed by atoms with van der Waals surface area (Å²) in [4.78, 5) is 0. The molecule has 1 rings (SSSR count). The summed E-state index contributed by atoms with van der Waals surface area (Å²) >= 11 is 3.49. The highest BCUT2D eigenvalue weighted by atomic mass is 79.9. The maximum atomic E-state index is 10.9. The highest BCUT2D eigenvalue weighted by molar-refractivity contribution is 9.10. The van der Waals surface area contributed by atoms with Crippen LogP contribution in [0.15, 0.2) is 22.7 Å². The maximum Gasteiger partial charge on any atom is 0.147 e. The molecule has 0 bridgehead atoms. The van der Waals surface area contributed by atoms with Gasteiger partial charge >= 0.3 is 0 Å². The molecule has 0 saturated carbocycles. The van der Waals surface area contributed by atoms with E-state index in [1.165, 1.54) is 17.4 Å². The van der Waals surface area contributed by atoms with Gasteiger partial charge in [0, 0.05) is 17.3 Å². The third kappa shape index (κ3) is 6.19. The molecular weight excluding hydrogens is 302 g/mol. The average molecular weight is 320 g/mol. The Hall–Kier alpha value is -0.390. The van der Waals surface area contributed by atoms with Gasteiger partial charge in [-0.25, -0.2) is 8.42 Å². The van der Waals surface area contributed by atoms with Gasteiger partial charge < -0.3 is 5.32 Å². The summed E-state index contributed by atoms with van der Waals surface area (Å²) in [6.45, 7) is 3.54. The standard InChI is InChI=1S/C12H18BrNO2S/c1-10-4-5-11(8-12(10)13)9-14-6-3-7-17(2,15)16/h4-5,8,14H,3,6-7,9H2,1-2H3. The van der Waals surface area contributed by atoms with Crippen molar-refractivity contribution >= 4 is 25.8 Å². The molecule has 5 heteroatoms. The van der Waals surface area contributed by atoms with Crippen LogP contribution in [0.2, 0.25) is 0 Å². The molecule has 17 heavy (non-hydrogen) atoms. The molecule has 96 valence electrons. The van der Waals surface area contributed by atoms with Crippen molar-refractivity contribution < 1.29 is 8.42 Å². The molecule has 0 heterocycles. The Labute approximate surface area is 112 Å². The van der Waals surface area contributed by atoms with E-state index in [-0.39, 0.29) is 5.75 Å². The Morgan fingerprint density at radius 1 is 1.35 bits per heavy atom. The van der Waals surface area contributed by atoms with Crippen LogP contribution in [0.5, 0.6) is 0 Å². The zero-order chi connectivity index (χ0) is 12.9. The number of rotatable bonds is 6. The molecule has 0 fully saturated rings. The Kier molecular flexibility index (Phi) is 5.62. The molecular formula is C12H18BrNO2S. The Bertz CT molecular complexity index is 471. The minimum Gasteiger partial charge on any atom is -0.313 e. The second kappa shape index (κ2) is 6.52. The van der Waals surface area contributed by atoms with Crippen molar-refractivity contribution in [2.45, 2.75) is 19.9 Å². The van der Waals surface area contributed by atoms with Gasteiger partial charge in [-0.05, 0) is 37.1 Å². The highest BCUT2D eigenvalue weighted by Crippen LogP contribution is 2.17. The Morgan fingerprint density at radius 2 is 2.06 bits per heavy atom.